The summed E-state index contributed by atoms with van der Waals surface area (Å²) < 4.78 is 0. The highest BCUT2D eigenvalue weighted by Gasteiger charge is 2.39. The van der Waals surface area contributed by atoms with Crippen molar-refractivity contribution < 1.29 is 14.7 Å². The number of hydrogen-bond acceptors (Lipinski definition) is 3. The minimum atomic E-state index is -0.875. The third kappa shape index (κ3) is 2.34. The maximum atomic E-state index is 12.3. The van der Waals surface area contributed by atoms with Crippen molar-refractivity contribution in [2.45, 2.75) is 19.3 Å². The Kier molecular flexibility index (Phi) is 3.60. The third-order valence-electron chi connectivity index (χ3n) is 3.47. The Hall–Kier alpha value is -1.91. The molecule has 1 fully saturated rings. The Morgan fingerprint density at radius 2 is 2.06 bits per heavy atom. The van der Waals surface area contributed by atoms with Crippen LogP contribution in [0.15, 0.2) is 24.4 Å². The second-order valence-electron chi connectivity index (χ2n) is 4.57. The number of amides is 1. The van der Waals surface area contributed by atoms with E-state index in [0.717, 1.165) is 6.42 Å². The molecule has 1 aliphatic rings. The lowest BCUT2D eigenvalue weighted by molar-refractivity contribution is -0.145. The Bertz CT molecular complexity index is 447. The molecule has 2 atom stereocenters. The zero-order valence-corrected chi connectivity index (χ0v) is 10.2. The van der Waals surface area contributed by atoms with E-state index in [2.05, 4.69) is 4.98 Å². The third-order valence-corrected chi connectivity index (χ3v) is 3.47. The van der Waals surface area contributed by atoms with Gasteiger partial charge in [-0.1, -0.05) is 12.5 Å². The van der Waals surface area contributed by atoms with E-state index < -0.39 is 17.8 Å². The van der Waals surface area contributed by atoms with Crippen LogP contribution in [0, 0.1) is 11.8 Å². The number of aromatic nitrogens is 1. The van der Waals surface area contributed by atoms with E-state index in [0.29, 0.717) is 18.7 Å². The van der Waals surface area contributed by atoms with Gasteiger partial charge in [0.05, 0.1) is 11.8 Å². The average molecular weight is 248 g/mol. The highest BCUT2D eigenvalue weighted by atomic mass is 16.4. The maximum Gasteiger partial charge on any atom is 0.307 e. The molecular formula is C13H16N2O3. The summed E-state index contributed by atoms with van der Waals surface area (Å²) in [4.78, 5) is 28.9. The summed E-state index contributed by atoms with van der Waals surface area (Å²) in [5.74, 6) is -1.45. The number of hydrogen-bond donors (Lipinski definition) is 1. The van der Waals surface area contributed by atoms with Gasteiger partial charge in [0.15, 0.2) is 0 Å². The predicted octanol–water partition coefficient (Wildman–Crippen LogP) is 1.55. The molecule has 1 aromatic rings. The molecule has 5 nitrogen and oxygen atoms in total. The molecule has 0 bridgehead atoms. The van der Waals surface area contributed by atoms with E-state index in [-0.39, 0.29) is 5.91 Å². The molecule has 0 spiro atoms. The van der Waals surface area contributed by atoms with Crippen LogP contribution in [0.3, 0.4) is 0 Å². The van der Waals surface area contributed by atoms with Crippen molar-refractivity contribution in [1.82, 2.24) is 4.98 Å². The van der Waals surface area contributed by atoms with Gasteiger partial charge in [0.1, 0.15) is 5.82 Å². The quantitative estimate of drug-likeness (QED) is 0.881. The summed E-state index contributed by atoms with van der Waals surface area (Å²) >= 11 is 0. The second kappa shape index (κ2) is 5.16. The molecule has 1 amide bonds. The largest absolute Gasteiger partial charge is 0.481 e. The lowest BCUT2D eigenvalue weighted by atomic mass is 9.95. The fourth-order valence-corrected chi connectivity index (χ4v) is 2.46. The molecule has 0 saturated heterocycles. The van der Waals surface area contributed by atoms with Crippen molar-refractivity contribution in [2.75, 3.05) is 11.9 Å². The van der Waals surface area contributed by atoms with Gasteiger partial charge in [-0.3, -0.25) is 14.5 Å². The van der Waals surface area contributed by atoms with Gasteiger partial charge in [0.25, 0.3) is 0 Å². The summed E-state index contributed by atoms with van der Waals surface area (Å²) in [6.45, 7) is 0. The first-order valence-electron chi connectivity index (χ1n) is 6.02. The number of carbonyl (C=O) groups is 2. The smallest absolute Gasteiger partial charge is 0.307 e. The summed E-state index contributed by atoms with van der Waals surface area (Å²) in [6.07, 6.45) is 3.64. The van der Waals surface area contributed by atoms with Crippen LogP contribution in [0.4, 0.5) is 5.82 Å². The van der Waals surface area contributed by atoms with Crippen LogP contribution in [0.2, 0.25) is 0 Å². The molecule has 0 radical (unpaired) electrons. The van der Waals surface area contributed by atoms with E-state index in [1.165, 1.54) is 4.90 Å². The Balaban J connectivity index is 2.14. The Labute approximate surface area is 105 Å². The maximum absolute atomic E-state index is 12.3. The summed E-state index contributed by atoms with van der Waals surface area (Å²) in [7, 11) is 1.64. The van der Waals surface area contributed by atoms with Gasteiger partial charge in [-0.25, -0.2) is 4.98 Å². The molecule has 1 aromatic heterocycles. The lowest BCUT2D eigenvalue weighted by Crippen LogP contribution is -2.37. The topological polar surface area (TPSA) is 70.5 Å². The zero-order chi connectivity index (χ0) is 13.1. The number of carboxylic acids is 1. The molecule has 96 valence electrons. The number of carboxylic acid groups (broad SMARTS) is 1. The molecule has 18 heavy (non-hydrogen) atoms. The van der Waals surface area contributed by atoms with Gasteiger partial charge in [0, 0.05) is 13.2 Å². The molecule has 1 aliphatic carbocycles. The SMILES string of the molecule is CN(C(=O)C1CCCC1C(=O)O)c1ccccn1. The van der Waals surface area contributed by atoms with Crippen LogP contribution < -0.4 is 4.90 Å². The van der Waals surface area contributed by atoms with Gasteiger partial charge >= 0.3 is 5.97 Å². The summed E-state index contributed by atoms with van der Waals surface area (Å²) in [5.41, 5.74) is 0. The summed E-state index contributed by atoms with van der Waals surface area (Å²) in [5, 5.41) is 9.10. The first-order chi connectivity index (χ1) is 8.61. The highest BCUT2D eigenvalue weighted by Crippen LogP contribution is 2.33. The van der Waals surface area contributed by atoms with Crippen LogP contribution in [0.5, 0.6) is 0 Å². The molecular weight excluding hydrogens is 232 g/mol. The van der Waals surface area contributed by atoms with E-state index >= 15 is 0 Å². The molecule has 0 aliphatic heterocycles. The van der Waals surface area contributed by atoms with Crippen molar-refractivity contribution in [1.29, 1.82) is 0 Å². The van der Waals surface area contributed by atoms with Crippen LogP contribution in [0.1, 0.15) is 19.3 Å². The van der Waals surface area contributed by atoms with Gasteiger partial charge in [-0.05, 0) is 25.0 Å². The first-order valence-corrected chi connectivity index (χ1v) is 6.02. The Morgan fingerprint density at radius 3 is 2.67 bits per heavy atom. The van der Waals surface area contributed by atoms with E-state index in [1.54, 1.807) is 31.4 Å². The molecule has 0 aromatic carbocycles. The lowest BCUT2D eigenvalue weighted by Gasteiger charge is -2.22. The van der Waals surface area contributed by atoms with E-state index in [9.17, 15) is 9.59 Å². The standard InChI is InChI=1S/C13H16N2O3/c1-15(11-7-2-3-8-14-11)12(16)9-5-4-6-10(9)13(17)18/h2-3,7-10H,4-6H2,1H3,(H,17,18). The van der Waals surface area contributed by atoms with Gasteiger partial charge < -0.3 is 5.11 Å². The Morgan fingerprint density at radius 1 is 1.33 bits per heavy atom. The van der Waals surface area contributed by atoms with Crippen LogP contribution in [-0.2, 0) is 9.59 Å². The summed E-state index contributed by atoms with van der Waals surface area (Å²) in [6, 6.07) is 5.31. The van der Waals surface area contributed by atoms with E-state index in [4.69, 9.17) is 5.11 Å². The van der Waals surface area contributed by atoms with Gasteiger partial charge in [-0.15, -0.1) is 0 Å². The van der Waals surface area contributed by atoms with Crippen molar-refractivity contribution >= 4 is 17.7 Å². The van der Waals surface area contributed by atoms with Crippen LogP contribution in [0.25, 0.3) is 0 Å². The average Bonchev–Trinajstić information content (AvgIpc) is 2.87. The minimum Gasteiger partial charge on any atom is -0.481 e. The minimum absolute atomic E-state index is 0.154. The second-order valence-corrected chi connectivity index (χ2v) is 4.57. The molecule has 1 N–H and O–H groups in total. The van der Waals surface area contributed by atoms with Crippen molar-refractivity contribution in [3.8, 4) is 0 Å². The predicted molar refractivity (Wildman–Crippen MR) is 66.1 cm³/mol. The van der Waals surface area contributed by atoms with Crippen molar-refractivity contribution in [3.05, 3.63) is 24.4 Å². The number of rotatable bonds is 3. The van der Waals surface area contributed by atoms with Crippen molar-refractivity contribution in [2.24, 2.45) is 11.8 Å². The zero-order valence-electron chi connectivity index (χ0n) is 10.2. The van der Waals surface area contributed by atoms with Crippen LogP contribution in [-0.4, -0.2) is 29.0 Å². The van der Waals surface area contributed by atoms with E-state index in [1.807, 2.05) is 0 Å². The fourth-order valence-electron chi connectivity index (χ4n) is 2.46. The van der Waals surface area contributed by atoms with Crippen molar-refractivity contribution in [3.63, 3.8) is 0 Å². The molecule has 5 heteroatoms. The highest BCUT2D eigenvalue weighted by molar-refractivity contribution is 5.96. The molecule has 2 unspecified atom stereocenters. The number of pyridine rings is 1. The number of carbonyl (C=O) groups excluding carboxylic acids is 1. The molecule has 1 saturated carbocycles. The monoisotopic (exact) mass is 248 g/mol. The number of anilines is 1. The number of aliphatic carboxylic acids is 1. The number of nitrogens with zero attached hydrogens (tertiary/aromatic N) is 2. The molecule has 1 heterocycles. The molecule has 2 rings (SSSR count). The van der Waals surface area contributed by atoms with Gasteiger partial charge in [0.2, 0.25) is 5.91 Å². The van der Waals surface area contributed by atoms with Gasteiger partial charge in [-0.2, -0.15) is 0 Å². The fraction of sp³-hybridized carbons (Fsp3) is 0.462. The first kappa shape index (κ1) is 12.5. The van der Waals surface area contributed by atoms with Crippen LogP contribution >= 0.6 is 0 Å². The normalized spacial score (nSPS) is 22.7.